The van der Waals surface area contributed by atoms with E-state index in [9.17, 15) is 4.79 Å². The van der Waals surface area contributed by atoms with Gasteiger partial charge in [-0.05, 0) is 43.8 Å². The van der Waals surface area contributed by atoms with Gasteiger partial charge in [0, 0.05) is 12.2 Å². The highest BCUT2D eigenvalue weighted by Gasteiger charge is 2.04. The summed E-state index contributed by atoms with van der Waals surface area (Å²) in [6.45, 7) is 10.6. The molecule has 6 heteroatoms. The summed E-state index contributed by atoms with van der Waals surface area (Å²) in [5.74, 6) is 0.808. The predicted molar refractivity (Wildman–Crippen MR) is 115 cm³/mol. The van der Waals surface area contributed by atoms with Gasteiger partial charge in [-0.3, -0.25) is 5.32 Å². The molecule has 0 aromatic heterocycles. The molecule has 0 heterocycles. The Bertz CT molecular complexity index is 479. The molecule has 0 saturated heterocycles. The van der Waals surface area contributed by atoms with Crippen LogP contribution in [0.2, 0.25) is 0 Å². The van der Waals surface area contributed by atoms with Crippen molar-refractivity contribution in [1.82, 2.24) is 4.90 Å². The van der Waals surface area contributed by atoms with Crippen molar-refractivity contribution in [2.24, 2.45) is 0 Å². The topological polar surface area (TPSA) is 50.8 Å². The SMILES string of the molecule is CCCCCCCCOC(=O)Nc1ccc(OCCN(CC)CC)cc1.Cl. The third-order valence-electron chi connectivity index (χ3n) is 4.40. The lowest BCUT2D eigenvalue weighted by molar-refractivity contribution is 0.159. The van der Waals surface area contributed by atoms with E-state index in [0.29, 0.717) is 18.9 Å². The van der Waals surface area contributed by atoms with Gasteiger partial charge >= 0.3 is 6.09 Å². The van der Waals surface area contributed by atoms with E-state index in [4.69, 9.17) is 9.47 Å². The Labute approximate surface area is 171 Å². The Morgan fingerprint density at radius 2 is 1.56 bits per heavy atom. The number of rotatable bonds is 14. The van der Waals surface area contributed by atoms with Crippen molar-refractivity contribution in [2.45, 2.75) is 59.3 Å². The van der Waals surface area contributed by atoms with E-state index in [1.54, 1.807) is 0 Å². The van der Waals surface area contributed by atoms with Crippen LogP contribution in [-0.4, -0.2) is 43.8 Å². The first kappa shape index (κ1) is 25.5. The van der Waals surface area contributed by atoms with E-state index in [0.717, 1.165) is 38.2 Å². The van der Waals surface area contributed by atoms with Crippen molar-refractivity contribution in [3.8, 4) is 5.75 Å². The van der Waals surface area contributed by atoms with E-state index in [1.807, 2.05) is 24.3 Å². The van der Waals surface area contributed by atoms with Crippen LogP contribution in [0.5, 0.6) is 5.75 Å². The molecule has 1 N–H and O–H groups in total. The first-order valence-electron chi connectivity index (χ1n) is 10.1. The van der Waals surface area contributed by atoms with Gasteiger partial charge in [0.2, 0.25) is 0 Å². The molecule has 0 saturated carbocycles. The van der Waals surface area contributed by atoms with Crippen LogP contribution in [0.4, 0.5) is 10.5 Å². The Balaban J connectivity index is 0.00000676. The maximum absolute atomic E-state index is 11.8. The largest absolute Gasteiger partial charge is 0.492 e. The highest BCUT2D eigenvalue weighted by Crippen LogP contribution is 2.16. The van der Waals surface area contributed by atoms with Crippen LogP contribution >= 0.6 is 12.4 Å². The summed E-state index contributed by atoms with van der Waals surface area (Å²) in [5, 5.41) is 2.75. The van der Waals surface area contributed by atoms with Crippen LogP contribution in [0.15, 0.2) is 24.3 Å². The van der Waals surface area contributed by atoms with Crippen LogP contribution in [0.25, 0.3) is 0 Å². The molecule has 0 radical (unpaired) electrons. The smallest absolute Gasteiger partial charge is 0.411 e. The van der Waals surface area contributed by atoms with Gasteiger partial charge in [0.1, 0.15) is 12.4 Å². The summed E-state index contributed by atoms with van der Waals surface area (Å²) in [6, 6.07) is 7.40. The van der Waals surface area contributed by atoms with E-state index >= 15 is 0 Å². The van der Waals surface area contributed by atoms with E-state index in [-0.39, 0.29) is 12.4 Å². The molecular formula is C21H37ClN2O3. The number of benzene rings is 1. The third-order valence-corrected chi connectivity index (χ3v) is 4.40. The van der Waals surface area contributed by atoms with Crippen LogP contribution in [0, 0.1) is 0 Å². The summed E-state index contributed by atoms with van der Waals surface area (Å²) < 4.78 is 10.9. The number of hydrogen-bond acceptors (Lipinski definition) is 4. The minimum absolute atomic E-state index is 0. The summed E-state index contributed by atoms with van der Waals surface area (Å²) >= 11 is 0. The number of unbranched alkanes of at least 4 members (excludes halogenated alkanes) is 5. The number of carbonyl (C=O) groups excluding carboxylic acids is 1. The van der Waals surface area contributed by atoms with Crippen molar-refractivity contribution >= 4 is 24.2 Å². The molecule has 0 aliphatic rings. The number of nitrogens with zero attached hydrogens (tertiary/aromatic N) is 1. The Kier molecular flexibility index (Phi) is 15.8. The molecule has 1 amide bonds. The minimum Gasteiger partial charge on any atom is -0.492 e. The van der Waals surface area contributed by atoms with Crippen molar-refractivity contribution in [2.75, 3.05) is 38.2 Å². The van der Waals surface area contributed by atoms with Crippen LogP contribution < -0.4 is 10.1 Å². The molecule has 0 unspecified atom stereocenters. The van der Waals surface area contributed by atoms with Gasteiger partial charge in [0.05, 0.1) is 6.61 Å². The minimum atomic E-state index is -0.395. The molecule has 156 valence electrons. The summed E-state index contributed by atoms with van der Waals surface area (Å²) in [6.07, 6.45) is 6.67. The summed E-state index contributed by atoms with van der Waals surface area (Å²) in [5.41, 5.74) is 0.717. The molecule has 0 spiro atoms. The zero-order valence-electron chi connectivity index (χ0n) is 17.2. The number of anilines is 1. The number of ether oxygens (including phenoxy) is 2. The Hall–Kier alpha value is -1.46. The second-order valence-corrected chi connectivity index (χ2v) is 6.43. The van der Waals surface area contributed by atoms with Crippen molar-refractivity contribution in [3.63, 3.8) is 0 Å². The lowest BCUT2D eigenvalue weighted by Gasteiger charge is -2.18. The molecular weight excluding hydrogens is 364 g/mol. The molecule has 0 aliphatic heterocycles. The zero-order valence-corrected chi connectivity index (χ0v) is 18.0. The van der Waals surface area contributed by atoms with E-state index in [1.165, 1.54) is 25.7 Å². The molecule has 0 aliphatic carbocycles. The fraction of sp³-hybridized carbons (Fsp3) is 0.667. The molecule has 0 atom stereocenters. The Morgan fingerprint density at radius 1 is 0.926 bits per heavy atom. The quantitative estimate of drug-likeness (QED) is 0.404. The number of nitrogens with one attached hydrogen (secondary N) is 1. The average Bonchev–Trinajstić information content (AvgIpc) is 2.66. The second-order valence-electron chi connectivity index (χ2n) is 6.43. The molecule has 1 rings (SSSR count). The number of likely N-dealkylation sites (N-methyl/N-ethyl adjacent to an activating group) is 1. The van der Waals surface area contributed by atoms with Gasteiger partial charge in [-0.2, -0.15) is 0 Å². The summed E-state index contributed by atoms with van der Waals surface area (Å²) in [7, 11) is 0. The van der Waals surface area contributed by atoms with Crippen molar-refractivity contribution < 1.29 is 14.3 Å². The predicted octanol–water partition coefficient (Wildman–Crippen LogP) is 5.74. The lowest BCUT2D eigenvalue weighted by atomic mass is 10.1. The maximum atomic E-state index is 11.8. The van der Waals surface area contributed by atoms with Crippen LogP contribution in [-0.2, 0) is 4.74 Å². The average molecular weight is 401 g/mol. The number of hydrogen-bond donors (Lipinski definition) is 1. The fourth-order valence-electron chi connectivity index (χ4n) is 2.67. The molecule has 1 aromatic carbocycles. The molecule has 5 nitrogen and oxygen atoms in total. The third kappa shape index (κ3) is 12.5. The monoisotopic (exact) mass is 400 g/mol. The van der Waals surface area contributed by atoms with Crippen LogP contribution in [0.1, 0.15) is 59.3 Å². The highest BCUT2D eigenvalue weighted by molar-refractivity contribution is 5.85. The van der Waals surface area contributed by atoms with Gasteiger partial charge < -0.3 is 14.4 Å². The van der Waals surface area contributed by atoms with Crippen molar-refractivity contribution in [1.29, 1.82) is 0 Å². The lowest BCUT2D eigenvalue weighted by Crippen LogP contribution is -2.27. The standard InChI is InChI=1S/C21H36N2O3.ClH/c1-4-7-8-9-10-11-17-26-21(24)22-19-12-14-20(15-13-19)25-18-16-23(5-2)6-3;/h12-15H,4-11,16-18H2,1-3H3,(H,22,24);1H. The van der Waals surface area contributed by atoms with Crippen molar-refractivity contribution in [3.05, 3.63) is 24.3 Å². The van der Waals surface area contributed by atoms with Gasteiger partial charge in [0.15, 0.2) is 0 Å². The maximum Gasteiger partial charge on any atom is 0.411 e. The molecule has 0 bridgehead atoms. The van der Waals surface area contributed by atoms with Gasteiger partial charge in [-0.25, -0.2) is 4.79 Å². The first-order valence-corrected chi connectivity index (χ1v) is 10.1. The molecule has 0 fully saturated rings. The summed E-state index contributed by atoms with van der Waals surface area (Å²) in [4.78, 5) is 14.1. The first-order chi connectivity index (χ1) is 12.7. The van der Waals surface area contributed by atoms with Gasteiger partial charge in [-0.15, -0.1) is 12.4 Å². The number of amides is 1. The fourth-order valence-corrected chi connectivity index (χ4v) is 2.67. The van der Waals surface area contributed by atoms with E-state index in [2.05, 4.69) is 31.0 Å². The zero-order chi connectivity index (χ0) is 19.0. The normalized spacial score (nSPS) is 10.4. The van der Waals surface area contributed by atoms with E-state index < -0.39 is 6.09 Å². The Morgan fingerprint density at radius 3 is 2.19 bits per heavy atom. The second kappa shape index (κ2) is 16.7. The number of halogens is 1. The van der Waals surface area contributed by atoms with Gasteiger partial charge in [-0.1, -0.05) is 52.9 Å². The van der Waals surface area contributed by atoms with Gasteiger partial charge in [0.25, 0.3) is 0 Å². The van der Waals surface area contributed by atoms with Crippen LogP contribution in [0.3, 0.4) is 0 Å². The molecule has 1 aromatic rings. The molecule has 27 heavy (non-hydrogen) atoms. The highest BCUT2D eigenvalue weighted by atomic mass is 35.5. The number of carbonyl (C=O) groups is 1.